The van der Waals surface area contributed by atoms with Crippen molar-refractivity contribution in [3.63, 3.8) is 0 Å². The highest BCUT2D eigenvalue weighted by molar-refractivity contribution is 7.88. The van der Waals surface area contributed by atoms with E-state index in [-0.39, 0.29) is 24.6 Å². The zero-order chi connectivity index (χ0) is 19.9. The SMILES string of the molecule is COc1cc(/C=N\NC(=O)CN(Cc2ccccc2)S(C)(=O)=O)ccc1O. The molecular formula is C18H21N3O5S. The van der Waals surface area contributed by atoms with Crippen LogP contribution in [-0.2, 0) is 21.4 Å². The van der Waals surface area contributed by atoms with Crippen molar-refractivity contribution in [3.05, 3.63) is 59.7 Å². The van der Waals surface area contributed by atoms with E-state index in [1.807, 2.05) is 6.07 Å². The lowest BCUT2D eigenvalue weighted by Crippen LogP contribution is -2.38. The molecule has 8 nitrogen and oxygen atoms in total. The van der Waals surface area contributed by atoms with E-state index in [1.54, 1.807) is 36.4 Å². The van der Waals surface area contributed by atoms with E-state index in [1.165, 1.54) is 19.4 Å². The Hall–Kier alpha value is -2.91. The summed E-state index contributed by atoms with van der Waals surface area (Å²) in [6.07, 6.45) is 2.41. The number of benzene rings is 2. The number of hydrazone groups is 1. The van der Waals surface area contributed by atoms with Gasteiger partial charge in [-0.25, -0.2) is 13.8 Å². The van der Waals surface area contributed by atoms with Gasteiger partial charge in [-0.15, -0.1) is 0 Å². The van der Waals surface area contributed by atoms with Gasteiger partial charge in [-0.05, 0) is 29.3 Å². The topological polar surface area (TPSA) is 108 Å². The average Bonchev–Trinajstić information content (AvgIpc) is 2.62. The number of nitrogens with zero attached hydrogens (tertiary/aromatic N) is 2. The van der Waals surface area contributed by atoms with Crippen LogP contribution in [-0.4, -0.2) is 49.9 Å². The lowest BCUT2D eigenvalue weighted by atomic mass is 10.2. The number of amides is 1. The molecule has 0 unspecified atom stereocenters. The van der Waals surface area contributed by atoms with Crippen LogP contribution in [0.25, 0.3) is 0 Å². The van der Waals surface area contributed by atoms with Crippen molar-refractivity contribution >= 4 is 22.1 Å². The third-order valence-electron chi connectivity index (χ3n) is 3.60. The minimum absolute atomic E-state index is 0.0107. The maximum absolute atomic E-state index is 12.1. The van der Waals surface area contributed by atoms with Crippen LogP contribution in [0.4, 0.5) is 0 Å². The summed E-state index contributed by atoms with van der Waals surface area (Å²) in [4.78, 5) is 12.1. The first-order chi connectivity index (χ1) is 12.8. The number of carbonyl (C=O) groups is 1. The van der Waals surface area contributed by atoms with E-state index < -0.39 is 15.9 Å². The van der Waals surface area contributed by atoms with Gasteiger partial charge in [0.05, 0.1) is 26.1 Å². The van der Waals surface area contributed by atoms with Gasteiger partial charge in [0.25, 0.3) is 5.91 Å². The molecule has 0 bridgehead atoms. The summed E-state index contributed by atoms with van der Waals surface area (Å²) >= 11 is 0. The molecule has 0 aliphatic rings. The van der Waals surface area contributed by atoms with E-state index in [0.29, 0.717) is 5.56 Å². The number of aromatic hydroxyl groups is 1. The quantitative estimate of drug-likeness (QED) is 0.521. The van der Waals surface area contributed by atoms with Crippen molar-refractivity contribution in [2.45, 2.75) is 6.54 Å². The fraction of sp³-hybridized carbons (Fsp3) is 0.222. The molecule has 27 heavy (non-hydrogen) atoms. The number of rotatable bonds is 8. The lowest BCUT2D eigenvalue weighted by Gasteiger charge is -2.18. The number of phenolic OH excluding ortho intramolecular Hbond substituents is 1. The lowest BCUT2D eigenvalue weighted by molar-refractivity contribution is -0.121. The summed E-state index contributed by atoms with van der Waals surface area (Å²) in [6, 6.07) is 13.6. The van der Waals surface area contributed by atoms with Crippen LogP contribution in [0, 0.1) is 0 Å². The molecule has 0 aliphatic carbocycles. The zero-order valence-corrected chi connectivity index (χ0v) is 15.8. The predicted octanol–water partition coefficient (Wildman–Crippen LogP) is 1.31. The number of hydrogen-bond acceptors (Lipinski definition) is 6. The highest BCUT2D eigenvalue weighted by Crippen LogP contribution is 2.25. The van der Waals surface area contributed by atoms with E-state index in [9.17, 15) is 18.3 Å². The molecule has 2 rings (SSSR count). The molecule has 0 saturated carbocycles. The van der Waals surface area contributed by atoms with Crippen LogP contribution in [0.1, 0.15) is 11.1 Å². The normalized spacial score (nSPS) is 11.7. The van der Waals surface area contributed by atoms with E-state index in [0.717, 1.165) is 16.1 Å². The second-order valence-electron chi connectivity index (χ2n) is 5.74. The highest BCUT2D eigenvalue weighted by Gasteiger charge is 2.20. The first kappa shape index (κ1) is 20.4. The number of carbonyl (C=O) groups excluding carboxylic acids is 1. The van der Waals surface area contributed by atoms with Gasteiger partial charge in [0, 0.05) is 6.54 Å². The second-order valence-corrected chi connectivity index (χ2v) is 7.72. The van der Waals surface area contributed by atoms with Gasteiger partial charge < -0.3 is 9.84 Å². The molecule has 2 N–H and O–H groups in total. The molecule has 0 atom stereocenters. The maximum Gasteiger partial charge on any atom is 0.255 e. The van der Waals surface area contributed by atoms with Gasteiger partial charge in [0.1, 0.15) is 0 Å². The van der Waals surface area contributed by atoms with Crippen molar-refractivity contribution in [2.75, 3.05) is 19.9 Å². The van der Waals surface area contributed by atoms with Crippen molar-refractivity contribution in [1.82, 2.24) is 9.73 Å². The fourth-order valence-corrected chi connectivity index (χ4v) is 2.96. The van der Waals surface area contributed by atoms with Gasteiger partial charge in [-0.2, -0.15) is 9.41 Å². The third-order valence-corrected chi connectivity index (χ3v) is 4.79. The van der Waals surface area contributed by atoms with E-state index in [4.69, 9.17) is 4.74 Å². The standard InChI is InChI=1S/C18H21N3O5S/c1-26-17-10-15(8-9-16(17)22)11-19-20-18(23)13-21(27(2,24)25)12-14-6-4-3-5-7-14/h3-11,22H,12-13H2,1-2H3,(H,20,23)/b19-11-. The van der Waals surface area contributed by atoms with Crippen molar-refractivity contribution in [1.29, 1.82) is 0 Å². The van der Waals surface area contributed by atoms with Gasteiger partial charge in [-0.3, -0.25) is 4.79 Å². The fourth-order valence-electron chi connectivity index (χ4n) is 2.23. The molecule has 0 radical (unpaired) electrons. The Balaban J connectivity index is 1.99. The maximum atomic E-state index is 12.1. The molecule has 0 aromatic heterocycles. The summed E-state index contributed by atoms with van der Waals surface area (Å²) in [6.45, 7) is -0.268. The minimum atomic E-state index is -3.57. The smallest absolute Gasteiger partial charge is 0.255 e. The molecule has 1 amide bonds. The van der Waals surface area contributed by atoms with Crippen LogP contribution in [0.5, 0.6) is 11.5 Å². The Labute approximate surface area is 158 Å². The zero-order valence-electron chi connectivity index (χ0n) is 15.0. The molecule has 0 saturated heterocycles. The molecule has 2 aromatic rings. The van der Waals surface area contributed by atoms with E-state index >= 15 is 0 Å². The van der Waals surface area contributed by atoms with E-state index in [2.05, 4.69) is 10.5 Å². The Kier molecular flexibility index (Phi) is 6.91. The summed E-state index contributed by atoms with van der Waals surface area (Å²) in [5.41, 5.74) is 3.66. The number of hydrogen-bond donors (Lipinski definition) is 2. The van der Waals surface area contributed by atoms with Crippen molar-refractivity contribution in [3.8, 4) is 11.5 Å². The van der Waals surface area contributed by atoms with Gasteiger partial charge >= 0.3 is 0 Å². The number of nitrogens with one attached hydrogen (secondary N) is 1. The molecule has 2 aromatic carbocycles. The third kappa shape index (κ3) is 6.39. The van der Waals surface area contributed by atoms with Gasteiger partial charge in [0.15, 0.2) is 11.5 Å². The molecule has 0 heterocycles. The molecule has 144 valence electrons. The first-order valence-corrected chi connectivity index (χ1v) is 9.82. The first-order valence-electron chi connectivity index (χ1n) is 7.97. The van der Waals surface area contributed by atoms with Crippen molar-refractivity contribution in [2.24, 2.45) is 5.10 Å². The summed E-state index contributed by atoms with van der Waals surface area (Å²) in [5.74, 6) is -0.307. The molecule has 0 aliphatic heterocycles. The molecule has 9 heteroatoms. The van der Waals surface area contributed by atoms with Crippen LogP contribution in [0.2, 0.25) is 0 Å². The number of methoxy groups -OCH3 is 1. The van der Waals surface area contributed by atoms with Crippen LogP contribution in [0.3, 0.4) is 0 Å². The summed E-state index contributed by atoms with van der Waals surface area (Å²) in [7, 11) is -2.15. The van der Waals surface area contributed by atoms with Crippen LogP contribution < -0.4 is 10.2 Å². The number of phenols is 1. The molecule has 0 fully saturated rings. The Bertz CT molecular complexity index is 914. The highest BCUT2D eigenvalue weighted by atomic mass is 32.2. The number of ether oxygens (including phenoxy) is 1. The second kappa shape index (κ2) is 9.15. The summed E-state index contributed by atoms with van der Waals surface area (Å²) < 4.78 is 29.9. The number of sulfonamides is 1. The average molecular weight is 391 g/mol. The Morgan fingerprint density at radius 1 is 1.26 bits per heavy atom. The largest absolute Gasteiger partial charge is 0.504 e. The van der Waals surface area contributed by atoms with Gasteiger partial charge in [0.2, 0.25) is 10.0 Å². The monoisotopic (exact) mass is 391 g/mol. The van der Waals surface area contributed by atoms with Crippen LogP contribution in [0.15, 0.2) is 53.6 Å². The van der Waals surface area contributed by atoms with Gasteiger partial charge in [-0.1, -0.05) is 30.3 Å². The predicted molar refractivity (Wildman–Crippen MR) is 102 cm³/mol. The molecular weight excluding hydrogens is 370 g/mol. The summed E-state index contributed by atoms with van der Waals surface area (Å²) in [5, 5.41) is 13.3. The van der Waals surface area contributed by atoms with Crippen LogP contribution >= 0.6 is 0 Å². The van der Waals surface area contributed by atoms with Crippen molar-refractivity contribution < 1.29 is 23.1 Å². The molecule has 0 spiro atoms. The Morgan fingerprint density at radius 3 is 2.59 bits per heavy atom. The minimum Gasteiger partial charge on any atom is -0.504 e. The Morgan fingerprint density at radius 2 is 1.96 bits per heavy atom.